The summed E-state index contributed by atoms with van der Waals surface area (Å²) in [6.07, 6.45) is 4.11. The van der Waals surface area contributed by atoms with E-state index >= 15 is 0 Å². The van der Waals surface area contributed by atoms with Crippen LogP contribution in [0.5, 0.6) is 5.75 Å². The number of aryl methyl sites for hydroxylation is 1. The van der Waals surface area contributed by atoms with E-state index in [1.807, 2.05) is 25.1 Å². The lowest BCUT2D eigenvalue weighted by Crippen LogP contribution is -1.78. The van der Waals surface area contributed by atoms with E-state index in [0.29, 0.717) is 6.42 Å². The number of nitrogens with zero attached hydrogens (tertiary/aromatic N) is 1. The zero-order valence-electron chi connectivity index (χ0n) is 7.49. The largest absolute Gasteiger partial charge is 0.508 e. The summed E-state index contributed by atoms with van der Waals surface area (Å²) >= 11 is 0. The van der Waals surface area contributed by atoms with E-state index < -0.39 is 0 Å². The highest BCUT2D eigenvalue weighted by molar-refractivity contribution is 5.55. The van der Waals surface area contributed by atoms with Crippen molar-refractivity contribution < 1.29 is 5.11 Å². The fourth-order valence-corrected chi connectivity index (χ4v) is 1.09. The van der Waals surface area contributed by atoms with Crippen molar-refractivity contribution in [3.8, 4) is 11.8 Å². The van der Waals surface area contributed by atoms with Gasteiger partial charge in [0.15, 0.2) is 0 Å². The molecule has 0 unspecified atom stereocenters. The van der Waals surface area contributed by atoms with Crippen molar-refractivity contribution in [2.75, 3.05) is 0 Å². The average molecular weight is 173 g/mol. The number of aromatic hydroxyl groups is 1. The molecule has 0 amide bonds. The Hall–Kier alpha value is -1.75. The molecule has 2 nitrogen and oxygen atoms in total. The molecule has 1 aromatic carbocycles. The standard InChI is InChI=1S/C11H11NO/c1-9-8-11(13)6-5-10(9)4-2-3-7-12/h2,4-6,8,13H,3H2,1H3. The van der Waals surface area contributed by atoms with Gasteiger partial charge < -0.3 is 5.11 Å². The highest BCUT2D eigenvalue weighted by Gasteiger charge is 1.94. The minimum atomic E-state index is 0.273. The quantitative estimate of drug-likeness (QED) is 0.747. The predicted octanol–water partition coefficient (Wildman–Crippen LogP) is 2.63. The van der Waals surface area contributed by atoms with Gasteiger partial charge in [0.2, 0.25) is 0 Å². The van der Waals surface area contributed by atoms with Crippen molar-refractivity contribution >= 4 is 6.08 Å². The number of hydrogen-bond acceptors (Lipinski definition) is 2. The maximum atomic E-state index is 9.13. The molecule has 0 aromatic heterocycles. The zero-order valence-corrected chi connectivity index (χ0v) is 7.49. The maximum Gasteiger partial charge on any atom is 0.115 e. The monoisotopic (exact) mass is 173 g/mol. The van der Waals surface area contributed by atoms with Gasteiger partial charge in [0.1, 0.15) is 5.75 Å². The van der Waals surface area contributed by atoms with E-state index in [9.17, 15) is 0 Å². The van der Waals surface area contributed by atoms with Crippen LogP contribution in [0, 0.1) is 18.3 Å². The summed E-state index contributed by atoms with van der Waals surface area (Å²) in [5.74, 6) is 0.273. The molecule has 0 saturated carbocycles. The van der Waals surface area contributed by atoms with Gasteiger partial charge in [-0.2, -0.15) is 5.26 Å². The molecule has 0 atom stereocenters. The minimum Gasteiger partial charge on any atom is -0.508 e. The van der Waals surface area contributed by atoms with Gasteiger partial charge in [0, 0.05) is 0 Å². The van der Waals surface area contributed by atoms with Crippen molar-refractivity contribution in [1.29, 1.82) is 5.26 Å². The van der Waals surface area contributed by atoms with Crippen LogP contribution in [-0.4, -0.2) is 5.11 Å². The van der Waals surface area contributed by atoms with Gasteiger partial charge in [-0.15, -0.1) is 0 Å². The summed E-state index contributed by atoms with van der Waals surface area (Å²) in [6, 6.07) is 7.20. The highest BCUT2D eigenvalue weighted by atomic mass is 16.3. The number of nitriles is 1. The molecule has 66 valence electrons. The predicted molar refractivity (Wildman–Crippen MR) is 52.1 cm³/mol. The Labute approximate surface area is 77.8 Å². The first-order valence-corrected chi connectivity index (χ1v) is 4.07. The molecule has 1 rings (SSSR count). The number of hydrogen-bond donors (Lipinski definition) is 1. The van der Waals surface area contributed by atoms with Crippen LogP contribution in [0.2, 0.25) is 0 Å². The molecule has 0 bridgehead atoms. The third kappa shape index (κ3) is 2.64. The van der Waals surface area contributed by atoms with Crippen LogP contribution in [0.3, 0.4) is 0 Å². The number of phenolic OH excluding ortho intramolecular Hbond substituents is 1. The third-order valence-corrected chi connectivity index (χ3v) is 1.76. The van der Waals surface area contributed by atoms with E-state index in [-0.39, 0.29) is 5.75 Å². The second-order valence-corrected chi connectivity index (χ2v) is 2.81. The van der Waals surface area contributed by atoms with E-state index in [1.54, 1.807) is 18.2 Å². The van der Waals surface area contributed by atoms with Crippen molar-refractivity contribution in [3.05, 3.63) is 35.4 Å². The second kappa shape index (κ2) is 4.32. The fourth-order valence-electron chi connectivity index (χ4n) is 1.09. The molecule has 0 heterocycles. The third-order valence-electron chi connectivity index (χ3n) is 1.76. The number of allylic oxidation sites excluding steroid dienone is 1. The Morgan fingerprint density at radius 2 is 2.31 bits per heavy atom. The molecule has 13 heavy (non-hydrogen) atoms. The van der Waals surface area contributed by atoms with Crippen LogP contribution in [0.4, 0.5) is 0 Å². The van der Waals surface area contributed by atoms with Crippen LogP contribution in [0.1, 0.15) is 17.5 Å². The van der Waals surface area contributed by atoms with Crippen LogP contribution in [0.15, 0.2) is 24.3 Å². The van der Waals surface area contributed by atoms with Crippen molar-refractivity contribution in [3.63, 3.8) is 0 Å². The first-order valence-electron chi connectivity index (χ1n) is 4.07. The van der Waals surface area contributed by atoms with Gasteiger partial charge in [-0.05, 0) is 30.2 Å². The Balaban J connectivity index is 2.85. The summed E-state index contributed by atoms with van der Waals surface area (Å²) < 4.78 is 0. The SMILES string of the molecule is Cc1cc(O)ccc1C=CCC#N. The minimum absolute atomic E-state index is 0.273. The van der Waals surface area contributed by atoms with Gasteiger partial charge in [0.25, 0.3) is 0 Å². The second-order valence-electron chi connectivity index (χ2n) is 2.81. The highest BCUT2D eigenvalue weighted by Crippen LogP contribution is 2.16. The van der Waals surface area contributed by atoms with Crippen molar-refractivity contribution in [2.45, 2.75) is 13.3 Å². The average Bonchev–Trinajstić information content (AvgIpc) is 2.09. The van der Waals surface area contributed by atoms with Gasteiger partial charge >= 0.3 is 0 Å². The van der Waals surface area contributed by atoms with E-state index in [1.165, 1.54) is 0 Å². The Bertz CT molecular complexity index is 361. The van der Waals surface area contributed by atoms with Gasteiger partial charge in [-0.1, -0.05) is 18.2 Å². The molecule has 0 aliphatic rings. The summed E-state index contributed by atoms with van der Waals surface area (Å²) in [5, 5.41) is 17.4. The molecule has 1 aromatic rings. The lowest BCUT2D eigenvalue weighted by atomic mass is 10.1. The molecule has 0 radical (unpaired) electrons. The Morgan fingerprint density at radius 1 is 1.54 bits per heavy atom. The summed E-state index contributed by atoms with van der Waals surface area (Å²) in [7, 11) is 0. The van der Waals surface area contributed by atoms with Crippen molar-refractivity contribution in [1.82, 2.24) is 0 Å². The van der Waals surface area contributed by atoms with E-state index in [2.05, 4.69) is 0 Å². The van der Waals surface area contributed by atoms with Crippen LogP contribution in [0.25, 0.3) is 6.08 Å². The fraction of sp³-hybridized carbons (Fsp3) is 0.182. The molecule has 2 heteroatoms. The van der Waals surface area contributed by atoms with Crippen molar-refractivity contribution in [2.24, 2.45) is 0 Å². The van der Waals surface area contributed by atoms with Crippen LogP contribution < -0.4 is 0 Å². The first kappa shape index (κ1) is 9.34. The number of phenols is 1. The summed E-state index contributed by atoms with van der Waals surface area (Å²) in [5.41, 5.74) is 2.04. The summed E-state index contributed by atoms with van der Waals surface area (Å²) in [4.78, 5) is 0. The molecular weight excluding hydrogens is 162 g/mol. The molecule has 1 N–H and O–H groups in total. The normalized spacial score (nSPS) is 10.2. The lowest BCUT2D eigenvalue weighted by molar-refractivity contribution is 0.475. The lowest BCUT2D eigenvalue weighted by Gasteiger charge is -1.99. The Kier molecular flexibility index (Phi) is 3.10. The molecule has 0 spiro atoms. The topological polar surface area (TPSA) is 44.0 Å². The Morgan fingerprint density at radius 3 is 2.92 bits per heavy atom. The molecule has 0 saturated heterocycles. The first-order chi connectivity index (χ1) is 6.24. The smallest absolute Gasteiger partial charge is 0.115 e. The van der Waals surface area contributed by atoms with E-state index in [0.717, 1.165) is 11.1 Å². The van der Waals surface area contributed by atoms with Crippen LogP contribution >= 0.6 is 0 Å². The van der Waals surface area contributed by atoms with Gasteiger partial charge in [0.05, 0.1) is 12.5 Å². The molecule has 0 fully saturated rings. The summed E-state index contributed by atoms with van der Waals surface area (Å²) in [6.45, 7) is 1.92. The number of rotatable bonds is 2. The van der Waals surface area contributed by atoms with E-state index in [4.69, 9.17) is 10.4 Å². The maximum absolute atomic E-state index is 9.13. The van der Waals surface area contributed by atoms with Gasteiger partial charge in [-0.3, -0.25) is 0 Å². The van der Waals surface area contributed by atoms with Crippen LogP contribution in [-0.2, 0) is 0 Å². The molecule has 0 aliphatic carbocycles. The number of benzene rings is 1. The molecular formula is C11H11NO. The van der Waals surface area contributed by atoms with Gasteiger partial charge in [-0.25, -0.2) is 0 Å². The zero-order chi connectivity index (χ0) is 9.68. The molecule has 0 aliphatic heterocycles.